The van der Waals surface area contributed by atoms with Gasteiger partial charge in [0, 0.05) is 13.0 Å². The molecule has 8 nitrogen and oxygen atoms in total. The number of esters is 1. The Morgan fingerprint density at radius 1 is 1.00 bits per heavy atom. The highest BCUT2D eigenvalue weighted by molar-refractivity contribution is 5.88. The van der Waals surface area contributed by atoms with E-state index in [2.05, 4.69) is 5.32 Å². The number of para-hydroxylation sites is 1. The van der Waals surface area contributed by atoms with E-state index < -0.39 is 29.6 Å². The van der Waals surface area contributed by atoms with E-state index in [1.807, 2.05) is 48.5 Å². The highest BCUT2D eigenvalue weighted by Gasteiger charge is 2.30. The molecule has 0 bridgehead atoms. The van der Waals surface area contributed by atoms with Gasteiger partial charge in [-0.05, 0) is 44.9 Å². The van der Waals surface area contributed by atoms with Crippen LogP contribution < -0.4 is 10.1 Å². The predicted molar refractivity (Wildman–Crippen MR) is 128 cm³/mol. The van der Waals surface area contributed by atoms with Gasteiger partial charge in [0.2, 0.25) is 5.91 Å². The first kappa shape index (κ1) is 26.7. The fraction of sp³-hybridized carbons (Fsp3) is 0.423. The topological polar surface area (TPSA) is 94.2 Å². The maximum atomic E-state index is 13.7. The van der Waals surface area contributed by atoms with E-state index in [1.165, 1.54) is 4.90 Å². The second-order valence-corrected chi connectivity index (χ2v) is 8.70. The van der Waals surface area contributed by atoms with Gasteiger partial charge in [-0.2, -0.15) is 0 Å². The lowest BCUT2D eigenvalue weighted by atomic mass is 10.0. The van der Waals surface area contributed by atoms with Crippen LogP contribution in [0.4, 0.5) is 4.79 Å². The van der Waals surface area contributed by atoms with Crippen LogP contribution in [0.2, 0.25) is 0 Å². The van der Waals surface area contributed by atoms with Crippen molar-refractivity contribution in [2.45, 2.75) is 52.3 Å². The number of amides is 2. The summed E-state index contributed by atoms with van der Waals surface area (Å²) in [6, 6.07) is 15.6. The summed E-state index contributed by atoms with van der Waals surface area (Å²) < 4.78 is 15.9. The molecule has 8 heteroatoms. The van der Waals surface area contributed by atoms with Crippen molar-refractivity contribution in [1.29, 1.82) is 0 Å². The van der Waals surface area contributed by atoms with Crippen molar-refractivity contribution in [3.05, 3.63) is 65.7 Å². The predicted octanol–water partition coefficient (Wildman–Crippen LogP) is 3.72. The lowest BCUT2D eigenvalue weighted by molar-refractivity contribution is -0.150. The maximum Gasteiger partial charge on any atom is 0.408 e. The molecule has 34 heavy (non-hydrogen) atoms. The number of rotatable bonds is 10. The minimum Gasteiger partial charge on any atom is -0.496 e. The van der Waals surface area contributed by atoms with Crippen LogP contribution in [0, 0.1) is 0 Å². The van der Waals surface area contributed by atoms with Crippen molar-refractivity contribution < 1.29 is 28.6 Å². The number of nitrogens with zero attached hydrogens (tertiary/aromatic N) is 1. The zero-order chi connectivity index (χ0) is 25.1. The molecule has 1 N–H and O–H groups in total. The third-order valence-corrected chi connectivity index (χ3v) is 4.76. The lowest BCUT2D eigenvalue weighted by Gasteiger charge is -2.29. The van der Waals surface area contributed by atoms with Gasteiger partial charge in [-0.25, -0.2) is 4.79 Å². The molecule has 0 fully saturated rings. The number of nitrogens with one attached hydrogen (secondary N) is 1. The summed E-state index contributed by atoms with van der Waals surface area (Å²) in [7, 11) is 1.54. The summed E-state index contributed by atoms with van der Waals surface area (Å²) in [6.45, 7) is 7.06. The van der Waals surface area contributed by atoms with Gasteiger partial charge in [-0.3, -0.25) is 9.59 Å². The Balaban J connectivity index is 2.36. The smallest absolute Gasteiger partial charge is 0.408 e. The minimum atomic E-state index is -0.996. The Labute approximate surface area is 201 Å². The van der Waals surface area contributed by atoms with Gasteiger partial charge < -0.3 is 24.4 Å². The highest BCUT2D eigenvalue weighted by atomic mass is 16.6. The molecule has 0 aliphatic heterocycles. The molecule has 1 atom stereocenters. The van der Waals surface area contributed by atoms with Crippen LogP contribution in [0.25, 0.3) is 0 Å². The molecule has 2 aromatic rings. The second kappa shape index (κ2) is 12.6. The molecule has 0 heterocycles. The normalized spacial score (nSPS) is 11.8. The molecular weight excluding hydrogens is 436 g/mol. The molecule has 0 aliphatic rings. The minimum absolute atomic E-state index is 0.149. The number of methoxy groups -OCH3 is 1. The summed E-state index contributed by atoms with van der Waals surface area (Å²) in [4.78, 5) is 40.0. The molecule has 0 saturated heterocycles. The average molecular weight is 471 g/mol. The van der Waals surface area contributed by atoms with Crippen LogP contribution >= 0.6 is 0 Å². The first-order valence-electron chi connectivity index (χ1n) is 11.2. The van der Waals surface area contributed by atoms with Crippen LogP contribution in [0.3, 0.4) is 0 Å². The largest absolute Gasteiger partial charge is 0.496 e. The van der Waals surface area contributed by atoms with Gasteiger partial charge in [0.1, 0.15) is 23.9 Å². The number of ether oxygens (including phenoxy) is 3. The van der Waals surface area contributed by atoms with Gasteiger partial charge in [-0.15, -0.1) is 0 Å². The molecule has 0 aliphatic carbocycles. The van der Waals surface area contributed by atoms with E-state index in [0.717, 1.165) is 11.1 Å². The number of benzene rings is 2. The van der Waals surface area contributed by atoms with E-state index in [-0.39, 0.29) is 26.1 Å². The molecule has 0 unspecified atom stereocenters. The first-order valence-corrected chi connectivity index (χ1v) is 11.2. The van der Waals surface area contributed by atoms with Crippen molar-refractivity contribution in [2.24, 2.45) is 0 Å². The zero-order valence-corrected chi connectivity index (χ0v) is 20.5. The molecule has 2 aromatic carbocycles. The van der Waals surface area contributed by atoms with Crippen molar-refractivity contribution in [3.8, 4) is 5.75 Å². The lowest BCUT2D eigenvalue weighted by Crippen LogP contribution is -2.51. The Bertz CT molecular complexity index is 955. The maximum absolute atomic E-state index is 13.7. The monoisotopic (exact) mass is 470 g/mol. The van der Waals surface area contributed by atoms with E-state index in [9.17, 15) is 14.4 Å². The van der Waals surface area contributed by atoms with Gasteiger partial charge in [0.15, 0.2) is 0 Å². The van der Waals surface area contributed by atoms with Crippen LogP contribution in [0.15, 0.2) is 54.6 Å². The summed E-state index contributed by atoms with van der Waals surface area (Å²) >= 11 is 0. The number of hydrogen-bond donors (Lipinski definition) is 1. The van der Waals surface area contributed by atoms with Crippen LogP contribution in [0.1, 0.15) is 38.8 Å². The van der Waals surface area contributed by atoms with E-state index in [1.54, 1.807) is 40.9 Å². The van der Waals surface area contributed by atoms with Crippen molar-refractivity contribution >= 4 is 18.0 Å². The molecule has 2 amide bonds. The third kappa shape index (κ3) is 8.77. The molecule has 0 saturated carbocycles. The van der Waals surface area contributed by atoms with Crippen LogP contribution in [-0.2, 0) is 32.0 Å². The highest BCUT2D eigenvalue weighted by Crippen LogP contribution is 2.20. The summed E-state index contributed by atoms with van der Waals surface area (Å²) in [5.41, 5.74) is 0.834. The van der Waals surface area contributed by atoms with Crippen molar-refractivity contribution in [1.82, 2.24) is 10.2 Å². The standard InChI is InChI=1S/C26H34N2O6/c1-6-33-23(29)18-28(17-19-12-8-7-9-13-19)24(30)21(27-25(31)34-26(2,3)4)16-20-14-10-11-15-22(20)32-5/h7-15,21H,6,16-18H2,1-5H3,(H,27,31)/t21-/m0/s1. The Morgan fingerprint density at radius 3 is 2.26 bits per heavy atom. The van der Waals surface area contributed by atoms with Gasteiger partial charge >= 0.3 is 12.1 Å². The molecule has 0 aromatic heterocycles. The SMILES string of the molecule is CCOC(=O)CN(Cc1ccccc1)C(=O)[C@H](Cc1ccccc1OC)NC(=O)OC(C)(C)C. The van der Waals surface area contributed by atoms with Gasteiger partial charge in [0.05, 0.1) is 13.7 Å². The van der Waals surface area contributed by atoms with Crippen molar-refractivity contribution in [2.75, 3.05) is 20.3 Å². The summed E-state index contributed by atoms with van der Waals surface area (Å²) in [5, 5.41) is 2.68. The van der Waals surface area contributed by atoms with E-state index in [0.29, 0.717) is 5.75 Å². The third-order valence-electron chi connectivity index (χ3n) is 4.76. The van der Waals surface area contributed by atoms with Crippen molar-refractivity contribution in [3.63, 3.8) is 0 Å². The number of alkyl carbamates (subject to hydrolysis) is 1. The molecule has 184 valence electrons. The van der Waals surface area contributed by atoms with Crippen LogP contribution in [0.5, 0.6) is 5.75 Å². The van der Waals surface area contributed by atoms with E-state index in [4.69, 9.17) is 14.2 Å². The Morgan fingerprint density at radius 2 is 1.65 bits per heavy atom. The second-order valence-electron chi connectivity index (χ2n) is 8.70. The van der Waals surface area contributed by atoms with E-state index >= 15 is 0 Å². The Hall–Kier alpha value is -3.55. The summed E-state index contributed by atoms with van der Waals surface area (Å²) in [6.07, 6.45) is -0.576. The average Bonchev–Trinajstić information content (AvgIpc) is 2.77. The summed E-state index contributed by atoms with van der Waals surface area (Å²) in [5.74, 6) is -0.375. The number of carbonyl (C=O) groups is 3. The molecule has 2 rings (SSSR count). The molecular formula is C26H34N2O6. The molecule has 0 radical (unpaired) electrons. The quantitative estimate of drug-likeness (QED) is 0.532. The fourth-order valence-corrected chi connectivity index (χ4v) is 3.34. The number of carbonyl (C=O) groups excluding carboxylic acids is 3. The molecule has 0 spiro atoms. The first-order chi connectivity index (χ1) is 16.1. The fourth-order valence-electron chi connectivity index (χ4n) is 3.34. The Kier molecular flexibility index (Phi) is 9.92. The van der Waals surface area contributed by atoms with Crippen LogP contribution in [-0.4, -0.2) is 54.8 Å². The van der Waals surface area contributed by atoms with Gasteiger partial charge in [0.25, 0.3) is 0 Å². The number of hydrogen-bond acceptors (Lipinski definition) is 6. The zero-order valence-electron chi connectivity index (χ0n) is 20.5. The van der Waals surface area contributed by atoms with Gasteiger partial charge in [-0.1, -0.05) is 48.5 Å².